The topological polar surface area (TPSA) is 78.5 Å². The minimum Gasteiger partial charge on any atom is -0.382 e. The lowest BCUT2D eigenvalue weighted by Gasteiger charge is -1.92. The summed E-state index contributed by atoms with van der Waals surface area (Å²) in [5, 5.41) is 13.7. The summed E-state index contributed by atoms with van der Waals surface area (Å²) in [7, 11) is 0. The number of nitrogens with zero attached hydrogens (tertiary/aromatic N) is 1. The van der Waals surface area contributed by atoms with Gasteiger partial charge in [-0.25, -0.2) is 0 Å². The largest absolute Gasteiger partial charge is 0.382 e. The molecule has 4 nitrogen and oxygen atoms in total. The maximum atomic E-state index is 7.10. The van der Waals surface area contributed by atoms with E-state index in [4.69, 9.17) is 11.1 Å². The predicted octanol–water partition coefficient (Wildman–Crippen LogP) is 0.311. The van der Waals surface area contributed by atoms with Gasteiger partial charge in [0.05, 0.1) is 5.69 Å². The Kier molecular flexibility index (Phi) is 1.45. The van der Waals surface area contributed by atoms with Gasteiger partial charge in [-0.15, -0.1) is 0 Å². The summed E-state index contributed by atoms with van der Waals surface area (Å²) in [6, 6.07) is 0. The fraction of sp³-hybridized carbons (Fsp3) is 0.333. The molecule has 4 N–H and O–H groups in total. The summed E-state index contributed by atoms with van der Waals surface area (Å²) in [4.78, 5) is 0. The number of aromatic amines is 1. The molecule has 0 aliphatic carbocycles. The molecule has 10 heavy (non-hydrogen) atoms. The van der Waals surface area contributed by atoms with Crippen LogP contribution in [0.3, 0.4) is 0 Å². The third-order valence-corrected chi connectivity index (χ3v) is 1.52. The van der Waals surface area contributed by atoms with Crippen molar-refractivity contribution in [2.24, 2.45) is 5.73 Å². The van der Waals surface area contributed by atoms with Gasteiger partial charge in [0.1, 0.15) is 11.5 Å². The first-order valence-corrected chi connectivity index (χ1v) is 2.99. The SMILES string of the molecule is Cc1n[nH]c(C(=N)N)c1C. The molecule has 4 heteroatoms. The standard InChI is InChI=1S/C6H10N4/c1-3-4(2)9-10-5(3)6(7)8/h1-2H3,(H3,7,8)(H,9,10). The van der Waals surface area contributed by atoms with Crippen LogP contribution in [0.2, 0.25) is 0 Å². The highest BCUT2D eigenvalue weighted by molar-refractivity contribution is 5.94. The normalized spacial score (nSPS) is 9.80. The van der Waals surface area contributed by atoms with Crippen LogP contribution in [0.25, 0.3) is 0 Å². The van der Waals surface area contributed by atoms with E-state index in [1.807, 2.05) is 13.8 Å². The quantitative estimate of drug-likeness (QED) is 0.385. The van der Waals surface area contributed by atoms with Gasteiger partial charge >= 0.3 is 0 Å². The highest BCUT2D eigenvalue weighted by Crippen LogP contribution is 2.06. The second-order valence-corrected chi connectivity index (χ2v) is 2.22. The maximum absolute atomic E-state index is 7.10. The van der Waals surface area contributed by atoms with Crippen LogP contribution in [0.15, 0.2) is 0 Å². The molecule has 0 saturated heterocycles. The highest BCUT2D eigenvalue weighted by Gasteiger charge is 2.05. The molecule has 0 aliphatic rings. The molecule has 54 valence electrons. The molecule has 1 aromatic rings. The number of hydrogen-bond donors (Lipinski definition) is 3. The molecular weight excluding hydrogens is 128 g/mol. The molecule has 0 spiro atoms. The molecule has 1 rings (SSSR count). The third-order valence-electron chi connectivity index (χ3n) is 1.52. The number of aryl methyl sites for hydroxylation is 1. The molecule has 0 aromatic carbocycles. The second kappa shape index (κ2) is 2.13. The van der Waals surface area contributed by atoms with E-state index in [-0.39, 0.29) is 5.84 Å². The zero-order chi connectivity index (χ0) is 7.72. The van der Waals surface area contributed by atoms with E-state index >= 15 is 0 Å². The van der Waals surface area contributed by atoms with E-state index in [1.54, 1.807) is 0 Å². The molecule has 0 amide bonds. The van der Waals surface area contributed by atoms with Gasteiger partial charge in [-0.2, -0.15) is 5.10 Å². The Morgan fingerprint density at radius 2 is 2.20 bits per heavy atom. The Labute approximate surface area is 58.9 Å². The van der Waals surface area contributed by atoms with Crippen molar-refractivity contribution in [2.45, 2.75) is 13.8 Å². The van der Waals surface area contributed by atoms with Crippen LogP contribution in [-0.2, 0) is 0 Å². The van der Waals surface area contributed by atoms with E-state index in [1.165, 1.54) is 0 Å². The van der Waals surface area contributed by atoms with Crippen molar-refractivity contribution >= 4 is 5.84 Å². The summed E-state index contributed by atoms with van der Waals surface area (Å²) in [6.45, 7) is 3.76. The van der Waals surface area contributed by atoms with Crippen LogP contribution in [0.4, 0.5) is 0 Å². The van der Waals surface area contributed by atoms with Crippen LogP contribution in [0.1, 0.15) is 17.0 Å². The number of amidine groups is 1. The predicted molar refractivity (Wildman–Crippen MR) is 39.1 cm³/mol. The van der Waals surface area contributed by atoms with E-state index in [2.05, 4.69) is 10.2 Å². The van der Waals surface area contributed by atoms with Gasteiger partial charge in [-0.1, -0.05) is 0 Å². The van der Waals surface area contributed by atoms with E-state index in [0.29, 0.717) is 5.69 Å². The number of rotatable bonds is 1. The van der Waals surface area contributed by atoms with Crippen LogP contribution in [-0.4, -0.2) is 16.0 Å². The summed E-state index contributed by atoms with van der Waals surface area (Å²) in [5.74, 6) is 0.0399. The highest BCUT2D eigenvalue weighted by atomic mass is 15.1. The van der Waals surface area contributed by atoms with Gasteiger partial charge < -0.3 is 5.73 Å². The monoisotopic (exact) mass is 138 g/mol. The fourth-order valence-corrected chi connectivity index (χ4v) is 0.751. The average molecular weight is 138 g/mol. The maximum Gasteiger partial charge on any atom is 0.141 e. The minimum absolute atomic E-state index is 0.0399. The Morgan fingerprint density at radius 3 is 2.40 bits per heavy atom. The molecule has 0 fully saturated rings. The number of hydrogen-bond acceptors (Lipinski definition) is 2. The van der Waals surface area contributed by atoms with Crippen LogP contribution in [0, 0.1) is 19.3 Å². The zero-order valence-corrected chi connectivity index (χ0v) is 6.02. The van der Waals surface area contributed by atoms with Crippen LogP contribution in [0.5, 0.6) is 0 Å². The smallest absolute Gasteiger partial charge is 0.141 e. The van der Waals surface area contributed by atoms with Gasteiger partial charge in [0.25, 0.3) is 0 Å². The minimum atomic E-state index is 0.0399. The first-order chi connectivity index (χ1) is 4.63. The van der Waals surface area contributed by atoms with Crippen molar-refractivity contribution in [1.82, 2.24) is 10.2 Å². The van der Waals surface area contributed by atoms with Gasteiger partial charge in [0.15, 0.2) is 0 Å². The summed E-state index contributed by atoms with van der Waals surface area (Å²) < 4.78 is 0. The summed E-state index contributed by atoms with van der Waals surface area (Å²) >= 11 is 0. The van der Waals surface area contributed by atoms with Crippen molar-refractivity contribution in [2.75, 3.05) is 0 Å². The molecule has 1 heterocycles. The molecular formula is C6H10N4. The second-order valence-electron chi connectivity index (χ2n) is 2.22. The van der Waals surface area contributed by atoms with Gasteiger partial charge in [0.2, 0.25) is 0 Å². The summed E-state index contributed by atoms with van der Waals surface area (Å²) in [5.41, 5.74) is 7.71. The Morgan fingerprint density at radius 1 is 1.60 bits per heavy atom. The molecule has 0 atom stereocenters. The average Bonchev–Trinajstić information content (AvgIpc) is 2.14. The Bertz CT molecular complexity index is 261. The van der Waals surface area contributed by atoms with Crippen molar-refractivity contribution in [3.63, 3.8) is 0 Å². The number of H-pyrrole nitrogens is 1. The van der Waals surface area contributed by atoms with Crippen molar-refractivity contribution in [3.05, 3.63) is 17.0 Å². The van der Waals surface area contributed by atoms with Gasteiger partial charge in [-0.05, 0) is 13.8 Å². The molecule has 0 unspecified atom stereocenters. The van der Waals surface area contributed by atoms with E-state index in [0.717, 1.165) is 11.3 Å². The van der Waals surface area contributed by atoms with Crippen molar-refractivity contribution in [1.29, 1.82) is 5.41 Å². The molecule has 0 aliphatic heterocycles. The van der Waals surface area contributed by atoms with Crippen molar-refractivity contribution in [3.8, 4) is 0 Å². The first-order valence-electron chi connectivity index (χ1n) is 2.99. The third kappa shape index (κ3) is 0.877. The molecule has 0 saturated carbocycles. The zero-order valence-electron chi connectivity index (χ0n) is 6.02. The lowest BCUT2D eigenvalue weighted by molar-refractivity contribution is 1.03. The number of nitrogens with two attached hydrogens (primary N) is 1. The van der Waals surface area contributed by atoms with E-state index < -0.39 is 0 Å². The molecule has 1 aromatic heterocycles. The number of nitrogen functional groups attached to an aromatic ring is 1. The summed E-state index contributed by atoms with van der Waals surface area (Å²) in [6.07, 6.45) is 0. The van der Waals surface area contributed by atoms with Crippen molar-refractivity contribution < 1.29 is 0 Å². The lowest BCUT2D eigenvalue weighted by Crippen LogP contribution is -2.12. The fourth-order valence-electron chi connectivity index (χ4n) is 0.751. The lowest BCUT2D eigenvalue weighted by atomic mass is 10.2. The Hall–Kier alpha value is -1.32. The molecule has 0 bridgehead atoms. The first kappa shape index (κ1) is 6.80. The number of nitrogens with one attached hydrogen (secondary N) is 2. The van der Waals surface area contributed by atoms with Gasteiger partial charge in [0, 0.05) is 5.56 Å². The van der Waals surface area contributed by atoms with E-state index in [9.17, 15) is 0 Å². The number of aromatic nitrogens is 2. The molecule has 0 radical (unpaired) electrons. The Balaban J connectivity index is 3.17. The van der Waals surface area contributed by atoms with Crippen LogP contribution >= 0.6 is 0 Å². The van der Waals surface area contributed by atoms with Crippen LogP contribution < -0.4 is 5.73 Å². The van der Waals surface area contributed by atoms with Gasteiger partial charge in [-0.3, -0.25) is 10.5 Å².